The monoisotopic (exact) mass is 445 g/mol. The maximum absolute atomic E-state index is 15.1. The van der Waals surface area contributed by atoms with Crippen LogP contribution in [-0.2, 0) is 0 Å². The Balaban J connectivity index is 1.63. The van der Waals surface area contributed by atoms with E-state index in [2.05, 4.69) is 10.3 Å². The third-order valence-corrected chi connectivity index (χ3v) is 5.50. The second-order valence-electron chi connectivity index (χ2n) is 7.70. The van der Waals surface area contributed by atoms with Gasteiger partial charge in [0.1, 0.15) is 34.7 Å². The number of nitrogens with zero attached hydrogens (tertiary/aromatic N) is 1. The van der Waals surface area contributed by atoms with Crippen molar-refractivity contribution in [3.8, 4) is 16.9 Å². The Labute approximate surface area is 181 Å². The lowest BCUT2D eigenvalue weighted by molar-refractivity contribution is 0.102. The third kappa shape index (κ3) is 4.16. The van der Waals surface area contributed by atoms with Crippen LogP contribution in [0, 0.1) is 28.7 Å². The summed E-state index contributed by atoms with van der Waals surface area (Å²) < 4.78 is 63.5. The fraction of sp³-hybridized carbons (Fsp3) is 0.217. The number of anilines is 1. The van der Waals surface area contributed by atoms with Crippen LogP contribution in [0.4, 0.5) is 23.2 Å². The van der Waals surface area contributed by atoms with Crippen LogP contribution >= 0.6 is 0 Å². The number of hydrogen-bond donors (Lipinski definition) is 2. The molecule has 0 spiro atoms. The van der Waals surface area contributed by atoms with E-state index in [9.17, 15) is 18.0 Å². The van der Waals surface area contributed by atoms with Gasteiger partial charge in [0.15, 0.2) is 0 Å². The molecule has 3 N–H and O–H groups in total. The number of halogens is 4. The highest BCUT2D eigenvalue weighted by atomic mass is 19.1. The molecular formula is C23H19F4N3O2. The van der Waals surface area contributed by atoms with E-state index in [0.717, 1.165) is 43.2 Å². The molecule has 2 aromatic carbocycles. The predicted molar refractivity (Wildman–Crippen MR) is 110 cm³/mol. The molecule has 0 radical (unpaired) electrons. The number of carbonyl (C=O) groups is 1. The molecule has 0 atom stereocenters. The molecule has 1 amide bonds. The van der Waals surface area contributed by atoms with Crippen LogP contribution in [0.3, 0.4) is 0 Å². The molecule has 32 heavy (non-hydrogen) atoms. The van der Waals surface area contributed by atoms with Crippen LogP contribution in [-0.4, -0.2) is 24.0 Å². The smallest absolute Gasteiger partial charge is 0.258 e. The largest absolute Gasteiger partial charge is 0.491 e. The Morgan fingerprint density at radius 3 is 2.38 bits per heavy atom. The van der Waals surface area contributed by atoms with Gasteiger partial charge in [-0.05, 0) is 37.1 Å². The Morgan fingerprint density at radius 2 is 1.72 bits per heavy atom. The summed E-state index contributed by atoms with van der Waals surface area (Å²) in [6, 6.07) is 6.02. The van der Waals surface area contributed by atoms with Crippen LogP contribution in [0.15, 0.2) is 48.8 Å². The quantitative estimate of drug-likeness (QED) is 0.518. The third-order valence-electron chi connectivity index (χ3n) is 5.50. The molecule has 0 unspecified atom stereocenters. The van der Waals surface area contributed by atoms with Gasteiger partial charge in [-0.25, -0.2) is 17.6 Å². The first kappa shape index (κ1) is 21.8. The van der Waals surface area contributed by atoms with Crippen LogP contribution in [0.5, 0.6) is 5.75 Å². The molecule has 3 aromatic rings. The lowest BCUT2D eigenvalue weighted by Crippen LogP contribution is -2.23. The normalized spacial score (nSPS) is 14.2. The van der Waals surface area contributed by atoms with Gasteiger partial charge in [0.05, 0.1) is 29.5 Å². The van der Waals surface area contributed by atoms with E-state index in [0.29, 0.717) is 18.9 Å². The summed E-state index contributed by atoms with van der Waals surface area (Å²) in [4.78, 5) is 16.7. The Kier molecular flexibility index (Phi) is 5.84. The van der Waals surface area contributed by atoms with Crippen molar-refractivity contribution in [2.24, 2.45) is 11.1 Å². The molecule has 1 saturated carbocycles. The number of rotatable bonds is 7. The lowest BCUT2D eigenvalue weighted by atomic mass is 9.99. The first-order valence-corrected chi connectivity index (χ1v) is 9.86. The summed E-state index contributed by atoms with van der Waals surface area (Å²) >= 11 is 0. The number of carbonyl (C=O) groups excluding carboxylic acids is 1. The van der Waals surface area contributed by atoms with Gasteiger partial charge < -0.3 is 15.8 Å². The molecule has 0 saturated heterocycles. The van der Waals surface area contributed by atoms with Crippen molar-refractivity contribution >= 4 is 11.6 Å². The molecule has 5 nitrogen and oxygen atoms in total. The first-order valence-electron chi connectivity index (χ1n) is 9.86. The van der Waals surface area contributed by atoms with Crippen LogP contribution < -0.4 is 15.8 Å². The number of pyridine rings is 1. The molecule has 1 aliphatic rings. The van der Waals surface area contributed by atoms with E-state index >= 15 is 4.39 Å². The molecule has 4 rings (SSSR count). The Hall–Kier alpha value is -3.46. The topological polar surface area (TPSA) is 77.2 Å². The number of amides is 1. The van der Waals surface area contributed by atoms with Gasteiger partial charge in [-0.2, -0.15) is 0 Å². The van der Waals surface area contributed by atoms with E-state index < -0.39 is 45.9 Å². The summed E-state index contributed by atoms with van der Waals surface area (Å²) in [5.41, 5.74) is 3.37. The van der Waals surface area contributed by atoms with Gasteiger partial charge in [0.25, 0.3) is 5.91 Å². The molecule has 1 fully saturated rings. The zero-order chi connectivity index (χ0) is 22.9. The van der Waals surface area contributed by atoms with Crippen LogP contribution in [0.2, 0.25) is 0 Å². The highest BCUT2D eigenvalue weighted by molar-refractivity contribution is 6.05. The van der Waals surface area contributed by atoms with Gasteiger partial charge in [-0.1, -0.05) is 6.07 Å². The SMILES string of the molecule is NCC1(COc2ccncc2NC(=O)c2ccc(F)c(-c3c(F)cccc3F)c2F)CC1. The van der Waals surface area contributed by atoms with Crippen molar-refractivity contribution in [3.05, 3.63) is 77.6 Å². The van der Waals surface area contributed by atoms with Crippen molar-refractivity contribution in [2.75, 3.05) is 18.5 Å². The number of aromatic nitrogens is 1. The number of benzene rings is 2. The van der Waals surface area contributed by atoms with E-state index in [1.165, 1.54) is 18.5 Å². The Morgan fingerprint density at radius 1 is 1.03 bits per heavy atom. The van der Waals surface area contributed by atoms with E-state index in [-0.39, 0.29) is 11.1 Å². The number of nitrogens with two attached hydrogens (primary N) is 1. The van der Waals surface area contributed by atoms with Gasteiger partial charge in [-0.15, -0.1) is 0 Å². The summed E-state index contributed by atoms with van der Waals surface area (Å²) in [5, 5.41) is 2.46. The standard InChI is InChI=1S/C23H19F4N3O2/c24-14-2-1-3-15(25)19(14)20-16(26)5-4-13(21(20)27)22(31)30-17-10-29-9-6-18(17)32-12-23(11-28)7-8-23/h1-6,9-10H,7-8,11-12,28H2,(H,30,31). The number of nitrogens with one attached hydrogen (secondary N) is 1. The highest BCUT2D eigenvalue weighted by Gasteiger charge is 2.42. The molecule has 0 bridgehead atoms. The van der Waals surface area contributed by atoms with E-state index in [4.69, 9.17) is 10.5 Å². The van der Waals surface area contributed by atoms with Gasteiger partial charge in [0, 0.05) is 24.2 Å². The van der Waals surface area contributed by atoms with Gasteiger partial charge in [0.2, 0.25) is 0 Å². The van der Waals surface area contributed by atoms with Crippen molar-refractivity contribution in [1.29, 1.82) is 0 Å². The molecule has 1 aliphatic carbocycles. The average Bonchev–Trinajstić information content (AvgIpc) is 3.55. The van der Waals surface area contributed by atoms with Crippen molar-refractivity contribution < 1.29 is 27.1 Å². The minimum absolute atomic E-state index is 0.0909. The van der Waals surface area contributed by atoms with E-state index in [1.807, 2.05) is 0 Å². The second-order valence-corrected chi connectivity index (χ2v) is 7.70. The molecule has 0 aliphatic heterocycles. The lowest BCUT2D eigenvalue weighted by Gasteiger charge is -2.17. The Bertz CT molecular complexity index is 1160. The molecule has 1 aromatic heterocycles. The molecule has 9 heteroatoms. The predicted octanol–water partition coefficient (Wildman–Crippen LogP) is 4.68. The average molecular weight is 445 g/mol. The van der Waals surface area contributed by atoms with Gasteiger partial charge in [-0.3, -0.25) is 9.78 Å². The molecule has 1 heterocycles. The first-order chi connectivity index (χ1) is 15.3. The zero-order valence-electron chi connectivity index (χ0n) is 16.8. The molecular weight excluding hydrogens is 426 g/mol. The maximum Gasteiger partial charge on any atom is 0.258 e. The van der Waals surface area contributed by atoms with E-state index in [1.54, 1.807) is 0 Å². The van der Waals surface area contributed by atoms with Crippen molar-refractivity contribution in [2.45, 2.75) is 12.8 Å². The number of hydrogen-bond acceptors (Lipinski definition) is 4. The minimum atomic E-state index is -1.39. The highest BCUT2D eigenvalue weighted by Crippen LogP contribution is 2.45. The summed E-state index contributed by atoms with van der Waals surface area (Å²) in [6.45, 7) is 0.813. The van der Waals surface area contributed by atoms with Crippen molar-refractivity contribution in [1.82, 2.24) is 4.98 Å². The molecule has 166 valence electrons. The van der Waals surface area contributed by atoms with Crippen LogP contribution in [0.1, 0.15) is 23.2 Å². The summed E-state index contributed by atoms with van der Waals surface area (Å²) in [5.74, 6) is -5.56. The summed E-state index contributed by atoms with van der Waals surface area (Å²) in [6.07, 6.45) is 4.65. The maximum atomic E-state index is 15.1. The van der Waals surface area contributed by atoms with Gasteiger partial charge >= 0.3 is 0 Å². The summed E-state index contributed by atoms with van der Waals surface area (Å²) in [7, 11) is 0. The second kappa shape index (κ2) is 8.58. The number of ether oxygens (including phenoxy) is 1. The fourth-order valence-electron chi connectivity index (χ4n) is 3.30. The van der Waals surface area contributed by atoms with Crippen molar-refractivity contribution in [3.63, 3.8) is 0 Å². The van der Waals surface area contributed by atoms with Crippen LogP contribution in [0.25, 0.3) is 11.1 Å². The minimum Gasteiger partial charge on any atom is -0.491 e. The fourth-order valence-corrected chi connectivity index (χ4v) is 3.30. The zero-order valence-corrected chi connectivity index (χ0v) is 16.8.